The molecule has 0 bridgehead atoms. The van der Waals surface area contributed by atoms with Gasteiger partial charge in [-0.3, -0.25) is 4.79 Å². The van der Waals surface area contributed by atoms with Crippen molar-refractivity contribution in [3.05, 3.63) is 30.1 Å². The van der Waals surface area contributed by atoms with E-state index >= 15 is 0 Å². The maximum atomic E-state index is 13.7. The van der Waals surface area contributed by atoms with Gasteiger partial charge in [0.1, 0.15) is 5.82 Å². The van der Waals surface area contributed by atoms with E-state index in [4.69, 9.17) is 4.42 Å². The van der Waals surface area contributed by atoms with E-state index in [1.54, 1.807) is 19.1 Å². The number of nitrogens with zero attached hydrogens (tertiary/aromatic N) is 2. The average molecular weight is 385 g/mol. The van der Waals surface area contributed by atoms with Crippen LogP contribution >= 0.6 is 11.8 Å². The van der Waals surface area contributed by atoms with Crippen LogP contribution in [0.5, 0.6) is 0 Å². The summed E-state index contributed by atoms with van der Waals surface area (Å²) in [6.45, 7) is 1.71. The maximum Gasteiger partial charge on any atom is 0.277 e. The Labute approximate surface area is 148 Å². The lowest BCUT2D eigenvalue weighted by Crippen LogP contribution is -2.47. The fraction of sp³-hybridized carbons (Fsp3) is 0.400. The Kier molecular flexibility index (Phi) is 4.83. The van der Waals surface area contributed by atoms with Gasteiger partial charge in [0.05, 0.1) is 28.4 Å². The molecule has 0 saturated carbocycles. The molecule has 0 spiro atoms. The van der Waals surface area contributed by atoms with Crippen LogP contribution in [0.2, 0.25) is 0 Å². The topological polar surface area (TPSA) is 102 Å². The van der Waals surface area contributed by atoms with Gasteiger partial charge in [-0.15, -0.1) is 10.2 Å². The normalized spacial score (nSPS) is 22.0. The molecule has 1 atom stereocenters. The first kappa shape index (κ1) is 17.9. The van der Waals surface area contributed by atoms with Crippen LogP contribution in [0.1, 0.15) is 13.3 Å². The van der Waals surface area contributed by atoms with Gasteiger partial charge in [-0.05, 0) is 25.5 Å². The molecule has 7 nitrogen and oxygen atoms in total. The quantitative estimate of drug-likeness (QED) is 0.781. The standard InChI is InChI=1S/C15H16FN3O4S2/c1-15(6-7-25(21,22)9-15)17-12(20)8-24-14-19-18-13(23-14)10-4-2-3-5-11(10)16/h2-5H,6-9H2,1H3,(H,17,20)/t15-/m1/s1. The van der Waals surface area contributed by atoms with Crippen molar-refractivity contribution in [2.24, 2.45) is 0 Å². The summed E-state index contributed by atoms with van der Waals surface area (Å²) in [5.74, 6) is -0.754. The third-order valence-corrected chi connectivity index (χ3v) is 6.50. The van der Waals surface area contributed by atoms with Crippen LogP contribution in [0, 0.1) is 5.82 Å². The number of halogens is 1. The smallest absolute Gasteiger partial charge is 0.277 e. The highest BCUT2D eigenvalue weighted by atomic mass is 32.2. The van der Waals surface area contributed by atoms with E-state index in [0.29, 0.717) is 6.42 Å². The first-order valence-electron chi connectivity index (χ1n) is 7.49. The molecule has 0 unspecified atom stereocenters. The number of hydrogen-bond acceptors (Lipinski definition) is 7. The SMILES string of the molecule is C[C@@]1(NC(=O)CSc2nnc(-c3ccccc3F)o2)CCS(=O)(=O)C1. The Balaban J connectivity index is 1.58. The average Bonchev–Trinajstić information content (AvgIpc) is 3.10. The number of thioether (sulfide) groups is 1. The summed E-state index contributed by atoms with van der Waals surface area (Å²) in [7, 11) is -3.10. The van der Waals surface area contributed by atoms with Crippen LogP contribution in [0.4, 0.5) is 4.39 Å². The van der Waals surface area contributed by atoms with Crippen LogP contribution in [0.25, 0.3) is 11.5 Å². The third kappa shape index (κ3) is 4.37. The van der Waals surface area contributed by atoms with Gasteiger partial charge < -0.3 is 9.73 Å². The minimum Gasteiger partial charge on any atom is -0.411 e. The number of amides is 1. The van der Waals surface area contributed by atoms with Crippen molar-refractivity contribution in [2.45, 2.75) is 24.1 Å². The highest BCUT2D eigenvalue weighted by molar-refractivity contribution is 7.99. The Morgan fingerprint density at radius 3 is 2.84 bits per heavy atom. The zero-order valence-corrected chi connectivity index (χ0v) is 15.0. The molecule has 0 aliphatic carbocycles. The molecule has 1 aliphatic heterocycles. The van der Waals surface area contributed by atoms with Crippen LogP contribution in [-0.2, 0) is 14.6 Å². The number of hydrogen-bond donors (Lipinski definition) is 1. The first-order chi connectivity index (χ1) is 11.8. The number of rotatable bonds is 5. The Hall–Kier alpha value is -1.94. The molecule has 0 radical (unpaired) electrons. The molecular weight excluding hydrogens is 369 g/mol. The van der Waals surface area contributed by atoms with Crippen molar-refractivity contribution >= 4 is 27.5 Å². The molecule has 1 saturated heterocycles. The van der Waals surface area contributed by atoms with E-state index in [0.717, 1.165) is 11.8 Å². The molecule has 3 rings (SSSR count). The Morgan fingerprint density at radius 1 is 1.40 bits per heavy atom. The molecule has 1 aromatic carbocycles. The van der Waals surface area contributed by atoms with Crippen molar-refractivity contribution in [3.8, 4) is 11.5 Å². The number of sulfone groups is 1. The maximum absolute atomic E-state index is 13.7. The molecule has 2 heterocycles. The summed E-state index contributed by atoms with van der Waals surface area (Å²) in [4.78, 5) is 12.0. The van der Waals surface area contributed by atoms with Crippen molar-refractivity contribution in [2.75, 3.05) is 17.3 Å². The van der Waals surface area contributed by atoms with Crippen LogP contribution < -0.4 is 5.32 Å². The molecule has 10 heteroatoms. The van der Waals surface area contributed by atoms with E-state index in [-0.39, 0.29) is 39.8 Å². The van der Waals surface area contributed by atoms with Gasteiger partial charge in [-0.2, -0.15) is 0 Å². The van der Waals surface area contributed by atoms with E-state index < -0.39 is 21.2 Å². The molecule has 134 valence electrons. The van der Waals surface area contributed by atoms with E-state index in [1.807, 2.05) is 0 Å². The fourth-order valence-electron chi connectivity index (χ4n) is 2.62. The van der Waals surface area contributed by atoms with Crippen molar-refractivity contribution in [1.29, 1.82) is 0 Å². The predicted octanol–water partition coefficient (Wildman–Crippen LogP) is 1.66. The van der Waals surface area contributed by atoms with E-state index in [2.05, 4.69) is 15.5 Å². The van der Waals surface area contributed by atoms with Gasteiger partial charge in [0.15, 0.2) is 9.84 Å². The Bertz CT molecular complexity index is 900. The number of carbonyl (C=O) groups is 1. The highest BCUT2D eigenvalue weighted by Gasteiger charge is 2.39. The summed E-state index contributed by atoms with van der Waals surface area (Å²) >= 11 is 1.01. The summed E-state index contributed by atoms with van der Waals surface area (Å²) in [6, 6.07) is 6.01. The molecule has 1 aliphatic rings. The summed E-state index contributed by atoms with van der Waals surface area (Å²) in [6.07, 6.45) is 0.393. The zero-order chi connectivity index (χ0) is 18.1. The molecule has 25 heavy (non-hydrogen) atoms. The molecule has 2 aromatic rings. The molecular formula is C15H16FN3O4S2. The summed E-state index contributed by atoms with van der Waals surface area (Å²) in [5, 5.41) is 10.4. The van der Waals surface area contributed by atoms with Crippen molar-refractivity contribution < 1.29 is 22.0 Å². The molecule has 1 N–H and O–H groups in total. The Morgan fingerprint density at radius 2 is 2.16 bits per heavy atom. The van der Waals surface area contributed by atoms with Crippen molar-refractivity contribution in [1.82, 2.24) is 15.5 Å². The number of benzene rings is 1. The van der Waals surface area contributed by atoms with Gasteiger partial charge in [0.2, 0.25) is 5.91 Å². The van der Waals surface area contributed by atoms with Gasteiger partial charge >= 0.3 is 0 Å². The lowest BCUT2D eigenvalue weighted by Gasteiger charge is -2.23. The molecule has 1 fully saturated rings. The molecule has 1 amide bonds. The fourth-order valence-corrected chi connectivity index (χ4v) is 5.28. The predicted molar refractivity (Wildman–Crippen MR) is 90.2 cm³/mol. The molecule has 1 aromatic heterocycles. The van der Waals surface area contributed by atoms with E-state index in [9.17, 15) is 17.6 Å². The van der Waals surface area contributed by atoms with Gasteiger partial charge in [-0.1, -0.05) is 23.9 Å². The number of carbonyl (C=O) groups excluding carboxylic acids is 1. The lowest BCUT2D eigenvalue weighted by atomic mass is 10.0. The largest absolute Gasteiger partial charge is 0.411 e. The minimum absolute atomic E-state index is 0.00541. The zero-order valence-electron chi connectivity index (χ0n) is 13.4. The third-order valence-electron chi connectivity index (χ3n) is 3.78. The van der Waals surface area contributed by atoms with Gasteiger partial charge in [-0.25, -0.2) is 12.8 Å². The van der Waals surface area contributed by atoms with Gasteiger partial charge in [0, 0.05) is 0 Å². The number of nitrogens with one attached hydrogen (secondary N) is 1. The first-order valence-corrected chi connectivity index (χ1v) is 10.3. The summed E-state index contributed by atoms with van der Waals surface area (Å²) < 4.78 is 42.1. The van der Waals surface area contributed by atoms with Crippen LogP contribution in [0.3, 0.4) is 0 Å². The van der Waals surface area contributed by atoms with Crippen LogP contribution in [-0.4, -0.2) is 47.3 Å². The second-order valence-corrected chi connectivity index (χ2v) is 9.20. The lowest BCUT2D eigenvalue weighted by molar-refractivity contribution is -0.120. The highest BCUT2D eigenvalue weighted by Crippen LogP contribution is 2.26. The van der Waals surface area contributed by atoms with Gasteiger partial charge in [0.25, 0.3) is 11.1 Å². The summed E-state index contributed by atoms with van der Waals surface area (Å²) in [5.41, 5.74) is -0.557. The van der Waals surface area contributed by atoms with E-state index in [1.165, 1.54) is 12.1 Å². The number of aromatic nitrogens is 2. The minimum atomic E-state index is -3.10. The van der Waals surface area contributed by atoms with Crippen molar-refractivity contribution in [3.63, 3.8) is 0 Å². The second kappa shape index (κ2) is 6.75. The second-order valence-electron chi connectivity index (χ2n) is 6.09. The monoisotopic (exact) mass is 385 g/mol. The van der Waals surface area contributed by atoms with Crippen LogP contribution in [0.15, 0.2) is 33.9 Å².